The van der Waals surface area contributed by atoms with Gasteiger partial charge in [0, 0.05) is 36.0 Å². The molecule has 8 heteroatoms. The van der Waals surface area contributed by atoms with E-state index in [4.69, 9.17) is 0 Å². The van der Waals surface area contributed by atoms with Gasteiger partial charge in [0.15, 0.2) is 0 Å². The molecule has 1 aliphatic heterocycles. The normalized spacial score (nSPS) is 18.3. The highest BCUT2D eigenvalue weighted by Crippen LogP contribution is 2.35. The van der Waals surface area contributed by atoms with Crippen LogP contribution in [0.4, 0.5) is 0 Å². The molecule has 3 aromatic rings. The van der Waals surface area contributed by atoms with Gasteiger partial charge in [-0.3, -0.25) is 14.6 Å². The number of hydrogen-bond acceptors (Lipinski definition) is 6. The lowest BCUT2D eigenvalue weighted by Crippen LogP contribution is -2.30. The monoisotopic (exact) mass is 440 g/mol. The van der Waals surface area contributed by atoms with Gasteiger partial charge in [0.1, 0.15) is 10.7 Å². The van der Waals surface area contributed by atoms with Crippen LogP contribution in [0.5, 0.6) is 0 Å². The number of thioether (sulfide) groups is 1. The van der Waals surface area contributed by atoms with E-state index in [1.165, 1.54) is 10.4 Å². The lowest BCUT2D eigenvalue weighted by Gasteiger charge is -2.24. The van der Waals surface area contributed by atoms with E-state index < -0.39 is 0 Å². The van der Waals surface area contributed by atoms with Gasteiger partial charge >= 0.3 is 0 Å². The van der Waals surface area contributed by atoms with Gasteiger partial charge in [-0.05, 0) is 49.3 Å². The van der Waals surface area contributed by atoms with E-state index in [0.717, 1.165) is 60.2 Å². The third-order valence-corrected chi connectivity index (χ3v) is 8.12. The number of H-pyrrole nitrogens is 1. The van der Waals surface area contributed by atoms with Crippen molar-refractivity contribution in [3.8, 4) is 0 Å². The minimum atomic E-state index is -0.0116. The second-order valence-corrected chi connectivity index (χ2v) is 10.1. The predicted octanol–water partition coefficient (Wildman–Crippen LogP) is 3.86. The van der Waals surface area contributed by atoms with E-state index in [1.54, 1.807) is 29.3 Å². The fraction of sp³-hybridized carbons (Fsp3) is 0.455. The van der Waals surface area contributed by atoms with Crippen molar-refractivity contribution < 1.29 is 4.79 Å². The quantitative estimate of drug-likeness (QED) is 0.589. The van der Waals surface area contributed by atoms with Crippen LogP contribution in [0.25, 0.3) is 10.2 Å². The molecule has 0 unspecified atom stereocenters. The average Bonchev–Trinajstić information content (AvgIpc) is 3.47. The minimum Gasteiger partial charge on any atom is -0.336 e. The number of pyridine rings is 1. The van der Waals surface area contributed by atoms with Gasteiger partial charge in [-0.1, -0.05) is 6.07 Å². The average molecular weight is 441 g/mol. The summed E-state index contributed by atoms with van der Waals surface area (Å²) in [6, 6.07) is 4.13. The van der Waals surface area contributed by atoms with Crippen LogP contribution in [0.1, 0.15) is 53.6 Å². The number of carbonyl (C=O) groups excluding carboxylic acids is 1. The van der Waals surface area contributed by atoms with Gasteiger partial charge < -0.3 is 9.88 Å². The van der Waals surface area contributed by atoms with E-state index in [2.05, 4.69) is 21.0 Å². The third kappa shape index (κ3) is 3.78. The zero-order chi connectivity index (χ0) is 20.5. The van der Waals surface area contributed by atoms with Crippen molar-refractivity contribution >= 4 is 39.2 Å². The molecule has 3 aromatic heterocycles. The Morgan fingerprint density at radius 3 is 3.13 bits per heavy atom. The number of aromatic amines is 1. The summed E-state index contributed by atoms with van der Waals surface area (Å²) in [5.41, 5.74) is 2.32. The van der Waals surface area contributed by atoms with E-state index in [-0.39, 0.29) is 17.5 Å². The third-order valence-electron chi connectivity index (χ3n) is 5.97. The maximum absolute atomic E-state index is 12.8. The summed E-state index contributed by atoms with van der Waals surface area (Å²) < 4.78 is 0. The number of rotatable bonds is 6. The molecule has 30 heavy (non-hydrogen) atoms. The molecule has 2 aliphatic rings. The van der Waals surface area contributed by atoms with Crippen LogP contribution in [0.3, 0.4) is 0 Å². The number of carbonyl (C=O) groups is 1. The number of likely N-dealkylation sites (tertiary alicyclic amines) is 1. The molecule has 6 nitrogen and oxygen atoms in total. The molecule has 156 valence electrons. The van der Waals surface area contributed by atoms with Gasteiger partial charge in [-0.2, -0.15) is 11.8 Å². The number of hydrogen-bond donors (Lipinski definition) is 1. The number of fused-ring (bicyclic) bond motifs is 3. The van der Waals surface area contributed by atoms with Crippen molar-refractivity contribution in [1.29, 1.82) is 0 Å². The molecule has 1 amide bonds. The molecule has 0 radical (unpaired) electrons. The standard InChI is InChI=1S/C22H24N4O2S2/c27-19(26-10-3-6-16(26)14-4-2-9-23-12-14)8-11-29-13-18-24-21(28)20-15-5-1-7-17(15)30-22(20)25-18/h2,4,9,12,16H,1,3,5-8,10-11,13H2,(H,24,25,28)/t16-/m1/s1. The fourth-order valence-corrected chi connectivity index (χ4v) is 6.65. The predicted molar refractivity (Wildman–Crippen MR) is 121 cm³/mol. The van der Waals surface area contributed by atoms with Crippen molar-refractivity contribution in [3.05, 3.63) is 56.7 Å². The number of amides is 1. The molecule has 1 atom stereocenters. The van der Waals surface area contributed by atoms with Gasteiger partial charge in [-0.25, -0.2) is 4.98 Å². The fourth-order valence-electron chi connectivity index (χ4n) is 4.57. The van der Waals surface area contributed by atoms with E-state index in [0.29, 0.717) is 18.0 Å². The Labute approximate surface area is 183 Å². The summed E-state index contributed by atoms with van der Waals surface area (Å²) in [5, 5.41) is 0.798. The lowest BCUT2D eigenvalue weighted by molar-refractivity contribution is -0.131. The molecule has 1 N–H and O–H groups in total. The topological polar surface area (TPSA) is 79.0 Å². The van der Waals surface area contributed by atoms with Crippen LogP contribution in [0.15, 0.2) is 29.3 Å². The second-order valence-electron chi connectivity index (χ2n) is 7.88. The molecule has 1 aliphatic carbocycles. The van der Waals surface area contributed by atoms with Gasteiger partial charge in [-0.15, -0.1) is 11.3 Å². The second kappa shape index (κ2) is 8.51. The maximum atomic E-state index is 12.8. The molecule has 0 aromatic carbocycles. The summed E-state index contributed by atoms with van der Waals surface area (Å²) in [5.74, 6) is 2.24. The molecule has 1 saturated heterocycles. The van der Waals surface area contributed by atoms with Crippen LogP contribution in [-0.4, -0.2) is 38.1 Å². The molecule has 5 rings (SSSR count). The highest BCUT2D eigenvalue weighted by molar-refractivity contribution is 7.98. The summed E-state index contributed by atoms with van der Waals surface area (Å²) in [7, 11) is 0. The van der Waals surface area contributed by atoms with E-state index in [9.17, 15) is 9.59 Å². The van der Waals surface area contributed by atoms with Crippen LogP contribution in [0.2, 0.25) is 0 Å². The number of nitrogens with zero attached hydrogens (tertiary/aromatic N) is 3. The minimum absolute atomic E-state index is 0.0116. The largest absolute Gasteiger partial charge is 0.336 e. The Balaban J connectivity index is 1.18. The molecule has 4 heterocycles. The van der Waals surface area contributed by atoms with Crippen LogP contribution < -0.4 is 5.56 Å². The summed E-state index contributed by atoms with van der Waals surface area (Å²) >= 11 is 3.32. The number of aromatic nitrogens is 3. The molecule has 0 spiro atoms. The molecule has 0 saturated carbocycles. The van der Waals surface area contributed by atoms with Crippen molar-refractivity contribution in [2.24, 2.45) is 0 Å². The molecule has 0 bridgehead atoms. The summed E-state index contributed by atoms with van der Waals surface area (Å²) in [6.07, 6.45) is 9.37. The van der Waals surface area contributed by atoms with Crippen molar-refractivity contribution in [2.75, 3.05) is 12.3 Å². The SMILES string of the molecule is O=C(CCSCc1nc2sc3c(c2c(=O)[nH]1)CCC3)N1CCC[C@@H]1c1cccnc1. The van der Waals surface area contributed by atoms with E-state index in [1.807, 2.05) is 17.2 Å². The maximum Gasteiger partial charge on any atom is 0.259 e. The Hall–Kier alpha value is -2.19. The van der Waals surface area contributed by atoms with Gasteiger partial charge in [0.2, 0.25) is 5.91 Å². The van der Waals surface area contributed by atoms with E-state index >= 15 is 0 Å². The highest BCUT2D eigenvalue weighted by Gasteiger charge is 2.29. The van der Waals surface area contributed by atoms with Crippen LogP contribution in [-0.2, 0) is 23.4 Å². The Morgan fingerprint density at radius 2 is 2.27 bits per heavy atom. The van der Waals surface area contributed by atoms with Gasteiger partial charge in [0.25, 0.3) is 5.56 Å². The van der Waals surface area contributed by atoms with Crippen LogP contribution >= 0.6 is 23.1 Å². The summed E-state index contributed by atoms with van der Waals surface area (Å²) in [6.45, 7) is 0.817. The Bertz CT molecular complexity index is 1130. The van der Waals surface area contributed by atoms with Crippen LogP contribution in [0, 0.1) is 0 Å². The number of nitrogens with one attached hydrogen (secondary N) is 1. The lowest BCUT2D eigenvalue weighted by atomic mass is 10.1. The van der Waals surface area contributed by atoms with Crippen molar-refractivity contribution in [1.82, 2.24) is 19.9 Å². The first-order valence-corrected chi connectivity index (χ1v) is 12.5. The zero-order valence-corrected chi connectivity index (χ0v) is 18.4. The number of aryl methyl sites for hydroxylation is 2. The first-order valence-electron chi connectivity index (χ1n) is 10.5. The smallest absolute Gasteiger partial charge is 0.259 e. The summed E-state index contributed by atoms with van der Waals surface area (Å²) in [4.78, 5) is 41.3. The highest BCUT2D eigenvalue weighted by atomic mass is 32.2. The molecular formula is C22H24N4O2S2. The van der Waals surface area contributed by atoms with Crippen molar-refractivity contribution in [2.45, 2.75) is 50.3 Å². The first-order chi connectivity index (χ1) is 14.7. The van der Waals surface area contributed by atoms with Gasteiger partial charge in [0.05, 0.1) is 17.2 Å². The Kier molecular flexibility index (Phi) is 5.60. The molecule has 1 fully saturated rings. The first kappa shape index (κ1) is 19.8. The zero-order valence-electron chi connectivity index (χ0n) is 16.7. The number of thiophene rings is 1. The Morgan fingerprint density at radius 1 is 1.33 bits per heavy atom. The van der Waals surface area contributed by atoms with Crippen molar-refractivity contribution in [3.63, 3.8) is 0 Å². The molecular weight excluding hydrogens is 416 g/mol.